The monoisotopic (exact) mass is 223 g/mol. The van der Waals surface area contributed by atoms with Gasteiger partial charge in [-0.15, -0.1) is 0 Å². The molecule has 0 aromatic rings. The van der Waals surface area contributed by atoms with Crippen LogP contribution in [0.4, 0.5) is 0 Å². The second-order valence-corrected chi connectivity index (χ2v) is 5.42. The van der Waals surface area contributed by atoms with Gasteiger partial charge < -0.3 is 10.5 Å². The summed E-state index contributed by atoms with van der Waals surface area (Å²) >= 11 is 0. The second-order valence-electron chi connectivity index (χ2n) is 3.00. The van der Waals surface area contributed by atoms with Gasteiger partial charge in [-0.1, -0.05) is 0 Å². The molecule has 1 atom stereocenters. The van der Waals surface area contributed by atoms with E-state index in [0.717, 1.165) is 0 Å². The number of ether oxygens (including phenoxy) is 1. The molecule has 0 fully saturated rings. The number of sulfone groups is 1. The predicted molar refractivity (Wildman–Crippen MR) is 53.6 cm³/mol. The molecule has 0 spiro atoms. The molecule has 0 heterocycles. The van der Waals surface area contributed by atoms with Gasteiger partial charge >= 0.3 is 5.97 Å². The van der Waals surface area contributed by atoms with E-state index < -0.39 is 26.8 Å². The molecule has 0 amide bonds. The smallest absolute Gasteiger partial charge is 0.321 e. The van der Waals surface area contributed by atoms with Crippen LogP contribution in [0.2, 0.25) is 0 Å². The maximum Gasteiger partial charge on any atom is 0.321 e. The average molecular weight is 223 g/mol. The first-order valence-electron chi connectivity index (χ1n) is 4.51. The summed E-state index contributed by atoms with van der Waals surface area (Å²) in [5.74, 6) is -1.25. The molecule has 84 valence electrons. The minimum Gasteiger partial charge on any atom is -0.465 e. The molecule has 0 rings (SSSR count). The van der Waals surface area contributed by atoms with E-state index in [4.69, 9.17) is 5.73 Å². The van der Waals surface area contributed by atoms with Crippen molar-refractivity contribution in [3.63, 3.8) is 0 Å². The van der Waals surface area contributed by atoms with E-state index in [1.807, 2.05) is 0 Å². The van der Waals surface area contributed by atoms with Gasteiger partial charge in [0.25, 0.3) is 0 Å². The lowest BCUT2D eigenvalue weighted by atomic mass is 10.3. The standard InChI is InChI=1S/C8H17NO4S/c1-3-13-8(10)6-14(11,12)7(2)4-5-9/h7H,3-6,9H2,1-2H3. The van der Waals surface area contributed by atoms with Gasteiger partial charge in [-0.25, -0.2) is 8.42 Å². The van der Waals surface area contributed by atoms with Gasteiger partial charge in [-0.05, 0) is 26.8 Å². The molecule has 0 aromatic carbocycles. The Hall–Kier alpha value is -0.620. The van der Waals surface area contributed by atoms with Crippen LogP contribution in [0.3, 0.4) is 0 Å². The van der Waals surface area contributed by atoms with Crippen LogP contribution < -0.4 is 5.73 Å². The molecule has 1 unspecified atom stereocenters. The normalized spacial score (nSPS) is 13.6. The Balaban J connectivity index is 4.27. The molecule has 0 saturated carbocycles. The number of rotatable bonds is 6. The number of carbonyl (C=O) groups is 1. The predicted octanol–water partition coefficient (Wildman–Crippen LogP) is -0.298. The van der Waals surface area contributed by atoms with Crippen LogP contribution in [0.25, 0.3) is 0 Å². The van der Waals surface area contributed by atoms with Crippen LogP contribution in [-0.4, -0.2) is 38.5 Å². The summed E-state index contributed by atoms with van der Waals surface area (Å²) in [5, 5.41) is -0.586. The first-order valence-corrected chi connectivity index (χ1v) is 6.22. The fraction of sp³-hybridized carbons (Fsp3) is 0.875. The minimum atomic E-state index is -3.40. The van der Waals surface area contributed by atoms with Gasteiger partial charge in [0.05, 0.1) is 11.9 Å². The molecule has 5 nitrogen and oxygen atoms in total. The SMILES string of the molecule is CCOC(=O)CS(=O)(=O)C(C)CCN. The van der Waals surface area contributed by atoms with Crippen molar-refractivity contribution in [1.82, 2.24) is 0 Å². The highest BCUT2D eigenvalue weighted by Crippen LogP contribution is 2.06. The van der Waals surface area contributed by atoms with Gasteiger partial charge in [0.15, 0.2) is 9.84 Å². The van der Waals surface area contributed by atoms with Crippen LogP contribution in [-0.2, 0) is 19.4 Å². The molecule has 0 aliphatic rings. The number of esters is 1. The van der Waals surface area contributed by atoms with Crippen molar-refractivity contribution < 1.29 is 17.9 Å². The molecule has 0 bridgehead atoms. The van der Waals surface area contributed by atoms with Crippen molar-refractivity contribution in [2.45, 2.75) is 25.5 Å². The fourth-order valence-corrected chi connectivity index (χ4v) is 2.12. The van der Waals surface area contributed by atoms with E-state index in [-0.39, 0.29) is 6.61 Å². The topological polar surface area (TPSA) is 86.5 Å². The Morgan fingerprint density at radius 3 is 2.50 bits per heavy atom. The first-order chi connectivity index (χ1) is 6.44. The van der Waals surface area contributed by atoms with Crippen molar-refractivity contribution in [1.29, 1.82) is 0 Å². The minimum absolute atomic E-state index is 0.194. The third-order valence-electron chi connectivity index (χ3n) is 1.81. The zero-order valence-corrected chi connectivity index (χ0v) is 9.34. The van der Waals surface area contributed by atoms with Gasteiger partial charge in [0.2, 0.25) is 0 Å². The molecule has 6 heteroatoms. The highest BCUT2D eigenvalue weighted by atomic mass is 32.2. The quantitative estimate of drug-likeness (QED) is 0.625. The third-order valence-corrected chi connectivity index (χ3v) is 3.91. The van der Waals surface area contributed by atoms with Crippen molar-refractivity contribution in [2.24, 2.45) is 5.73 Å². The molecule has 0 aliphatic heterocycles. The summed E-state index contributed by atoms with van der Waals surface area (Å²) in [5.41, 5.74) is 5.23. The van der Waals surface area contributed by atoms with Gasteiger partial charge in [0, 0.05) is 0 Å². The van der Waals surface area contributed by atoms with Crippen molar-refractivity contribution in [3.05, 3.63) is 0 Å². The molecule has 0 saturated heterocycles. The third kappa shape index (κ3) is 4.57. The number of hydrogen-bond acceptors (Lipinski definition) is 5. The second kappa shape index (κ2) is 5.98. The Kier molecular flexibility index (Phi) is 5.71. The first kappa shape index (κ1) is 13.4. The highest BCUT2D eigenvalue weighted by molar-refractivity contribution is 7.92. The lowest BCUT2D eigenvalue weighted by molar-refractivity contribution is -0.139. The van der Waals surface area contributed by atoms with E-state index in [1.165, 1.54) is 0 Å². The van der Waals surface area contributed by atoms with E-state index in [1.54, 1.807) is 13.8 Å². The Labute approximate surface area is 84.5 Å². The molecule has 14 heavy (non-hydrogen) atoms. The van der Waals surface area contributed by atoms with Gasteiger partial charge in [0.1, 0.15) is 5.75 Å². The van der Waals surface area contributed by atoms with Crippen LogP contribution in [0.5, 0.6) is 0 Å². The van der Waals surface area contributed by atoms with Crippen LogP contribution in [0.1, 0.15) is 20.3 Å². The molecule has 0 radical (unpaired) electrons. The van der Waals surface area contributed by atoms with E-state index in [2.05, 4.69) is 4.74 Å². The Morgan fingerprint density at radius 1 is 1.50 bits per heavy atom. The highest BCUT2D eigenvalue weighted by Gasteiger charge is 2.24. The fourth-order valence-electron chi connectivity index (χ4n) is 0.923. The largest absolute Gasteiger partial charge is 0.465 e. The maximum atomic E-state index is 11.4. The Bertz CT molecular complexity index is 273. The Morgan fingerprint density at radius 2 is 2.07 bits per heavy atom. The zero-order chi connectivity index (χ0) is 11.2. The molecule has 0 aromatic heterocycles. The summed E-state index contributed by atoms with van der Waals surface area (Å²) in [6.45, 7) is 3.66. The summed E-state index contributed by atoms with van der Waals surface area (Å²) in [6, 6.07) is 0. The average Bonchev–Trinajstić information content (AvgIpc) is 2.03. The van der Waals surface area contributed by atoms with Crippen molar-refractivity contribution >= 4 is 15.8 Å². The van der Waals surface area contributed by atoms with Crippen molar-refractivity contribution in [2.75, 3.05) is 18.9 Å². The summed E-state index contributed by atoms with van der Waals surface area (Å²) in [7, 11) is -3.40. The lowest BCUT2D eigenvalue weighted by Crippen LogP contribution is -2.28. The van der Waals surface area contributed by atoms with Crippen LogP contribution in [0.15, 0.2) is 0 Å². The number of hydrogen-bond donors (Lipinski definition) is 1. The summed E-state index contributed by atoms with van der Waals surface area (Å²) < 4.78 is 27.5. The lowest BCUT2D eigenvalue weighted by Gasteiger charge is -2.10. The van der Waals surface area contributed by atoms with Crippen LogP contribution in [0, 0.1) is 0 Å². The van der Waals surface area contributed by atoms with E-state index >= 15 is 0 Å². The zero-order valence-electron chi connectivity index (χ0n) is 8.52. The van der Waals surface area contributed by atoms with Gasteiger partial charge in [-0.2, -0.15) is 0 Å². The summed E-state index contributed by atoms with van der Waals surface area (Å²) in [6.07, 6.45) is 0.363. The van der Waals surface area contributed by atoms with Gasteiger partial charge in [-0.3, -0.25) is 4.79 Å². The summed E-state index contributed by atoms with van der Waals surface area (Å²) in [4.78, 5) is 10.9. The maximum absolute atomic E-state index is 11.4. The van der Waals surface area contributed by atoms with Crippen molar-refractivity contribution in [3.8, 4) is 0 Å². The molecule has 0 aliphatic carbocycles. The number of nitrogens with two attached hydrogens (primary N) is 1. The van der Waals surface area contributed by atoms with Crippen LogP contribution >= 0.6 is 0 Å². The van der Waals surface area contributed by atoms with E-state index in [9.17, 15) is 13.2 Å². The number of carbonyl (C=O) groups excluding carboxylic acids is 1. The molecule has 2 N–H and O–H groups in total. The molecular weight excluding hydrogens is 206 g/mol. The molecular formula is C8H17NO4S. The van der Waals surface area contributed by atoms with E-state index in [0.29, 0.717) is 13.0 Å².